The molecule has 0 amide bonds. The van der Waals surface area contributed by atoms with Crippen molar-refractivity contribution in [3.63, 3.8) is 0 Å². The molecule has 1 saturated heterocycles. The van der Waals surface area contributed by atoms with Crippen molar-refractivity contribution in [3.8, 4) is 11.3 Å². The number of carboxylic acids is 1. The van der Waals surface area contributed by atoms with E-state index in [1.165, 1.54) is 19.1 Å². The van der Waals surface area contributed by atoms with E-state index < -0.39 is 44.9 Å². The van der Waals surface area contributed by atoms with Crippen LogP contribution in [0.4, 0.5) is 4.39 Å². The Labute approximate surface area is 239 Å². The van der Waals surface area contributed by atoms with Crippen molar-refractivity contribution < 1.29 is 61.7 Å². The Kier molecular flexibility index (Phi) is 10.6. The number of hydrogen-bond acceptors (Lipinski definition) is 8. The molecule has 1 aliphatic heterocycles. The Morgan fingerprint density at radius 2 is 1.81 bits per heavy atom. The van der Waals surface area contributed by atoms with Crippen molar-refractivity contribution in [2.75, 3.05) is 6.26 Å². The van der Waals surface area contributed by atoms with Crippen molar-refractivity contribution in [1.29, 1.82) is 0 Å². The minimum absolute atomic E-state index is 0. The normalized spacial score (nSPS) is 20.5. The second kappa shape index (κ2) is 12.4. The molecule has 0 spiro atoms. The predicted octanol–water partition coefficient (Wildman–Crippen LogP) is 0.579. The summed E-state index contributed by atoms with van der Waals surface area (Å²) in [5, 5.41) is 10.2. The number of rotatable bonds is 8. The average Bonchev–Trinajstić information content (AvgIpc) is 2.75. The molecule has 3 atom stereocenters. The van der Waals surface area contributed by atoms with Gasteiger partial charge in [0.05, 0.1) is 23.6 Å². The number of hydrogen-bond donors (Lipinski definition) is 0. The fourth-order valence-electron chi connectivity index (χ4n) is 4.09. The summed E-state index contributed by atoms with van der Waals surface area (Å²) < 4.78 is 49.9. The first kappa shape index (κ1) is 31.5. The van der Waals surface area contributed by atoms with Gasteiger partial charge in [0.15, 0.2) is 15.6 Å². The van der Waals surface area contributed by atoms with E-state index in [0.29, 0.717) is 28.9 Å². The maximum atomic E-state index is 13.7. The third-order valence-corrected chi connectivity index (χ3v) is 7.41. The van der Waals surface area contributed by atoms with Crippen LogP contribution < -0.4 is 34.7 Å². The third-order valence-electron chi connectivity index (χ3n) is 5.92. The van der Waals surface area contributed by atoms with Crippen LogP contribution in [-0.4, -0.2) is 48.6 Å². The molecule has 0 bridgehead atoms. The molecule has 3 rings (SSSR count). The van der Waals surface area contributed by atoms with Gasteiger partial charge < -0.3 is 19.4 Å². The molecule has 1 aliphatic rings. The van der Waals surface area contributed by atoms with Gasteiger partial charge >= 0.3 is 29.6 Å². The van der Waals surface area contributed by atoms with Crippen molar-refractivity contribution in [2.24, 2.45) is 0 Å². The summed E-state index contributed by atoms with van der Waals surface area (Å²) in [5.74, 6) is -2.54. The topological polar surface area (TPSA) is 119 Å². The number of nitrogens with zero attached hydrogens (tertiary/aromatic N) is 2. The maximum Gasteiger partial charge on any atom is 1.00 e. The minimum Gasteiger partial charge on any atom is -0.550 e. The number of carbonyl (C=O) groups is 1. The third kappa shape index (κ3) is 8.40. The summed E-state index contributed by atoms with van der Waals surface area (Å²) >= 11 is 0. The Hall–Kier alpha value is -1.69. The number of carboxylic acid groups (broad SMARTS) is 1. The molecule has 11 heteroatoms. The van der Waals surface area contributed by atoms with Crippen LogP contribution in [0.25, 0.3) is 17.3 Å². The molecule has 0 radical (unpaired) electrons. The quantitative estimate of drug-likeness (QED) is 0.445. The second-order valence-electron chi connectivity index (χ2n) is 9.83. The van der Waals surface area contributed by atoms with Gasteiger partial charge in [0, 0.05) is 36.2 Å². The monoisotopic (exact) mass is 542 g/mol. The molecule has 2 heterocycles. The van der Waals surface area contributed by atoms with E-state index >= 15 is 0 Å². The van der Waals surface area contributed by atoms with Crippen molar-refractivity contribution in [3.05, 3.63) is 53.2 Å². The van der Waals surface area contributed by atoms with E-state index in [1.807, 2.05) is 13.8 Å². The van der Waals surface area contributed by atoms with E-state index in [0.717, 1.165) is 6.26 Å². The van der Waals surface area contributed by atoms with Crippen LogP contribution in [0, 0.1) is 5.82 Å². The van der Waals surface area contributed by atoms with Crippen LogP contribution >= 0.6 is 0 Å². The standard InChI is InChI=1S/C26H33FN2O6S.Na/c1-15(2)23-21(12-11-19-13-20(14-22(30)31)35-26(4,5)34-19)24(17-7-9-18(27)10-8-17)29-25(28-23)16(3)36(6,32)33;/h7-12,15-16,19-20H,13-14H2,1-6H3,(H,30,31);/q;+1/p-1/b12-11+;. The van der Waals surface area contributed by atoms with E-state index in [1.54, 1.807) is 38.1 Å². The number of carbonyl (C=O) groups excluding carboxylic acids is 1. The largest absolute Gasteiger partial charge is 1.00 e. The van der Waals surface area contributed by atoms with Gasteiger partial charge in [-0.05, 0) is 51.0 Å². The van der Waals surface area contributed by atoms with Gasteiger partial charge in [0.2, 0.25) is 0 Å². The van der Waals surface area contributed by atoms with Crippen molar-refractivity contribution >= 4 is 21.9 Å². The Bertz CT molecular complexity index is 1250. The second-order valence-corrected chi connectivity index (χ2v) is 12.2. The first-order valence-electron chi connectivity index (χ1n) is 11.8. The molecule has 37 heavy (non-hydrogen) atoms. The van der Waals surface area contributed by atoms with Crippen LogP contribution in [-0.2, 0) is 24.1 Å². The first-order chi connectivity index (χ1) is 16.7. The van der Waals surface area contributed by atoms with Gasteiger partial charge in [-0.3, -0.25) is 0 Å². The van der Waals surface area contributed by atoms with Gasteiger partial charge in [-0.15, -0.1) is 0 Å². The van der Waals surface area contributed by atoms with Gasteiger partial charge in [0.1, 0.15) is 16.9 Å². The van der Waals surface area contributed by atoms with Crippen LogP contribution in [0.15, 0.2) is 30.3 Å². The van der Waals surface area contributed by atoms with Gasteiger partial charge in [-0.1, -0.05) is 26.0 Å². The smallest absolute Gasteiger partial charge is 0.550 e. The van der Waals surface area contributed by atoms with Crippen LogP contribution in [0.1, 0.15) is 75.7 Å². The number of halogens is 1. The number of ether oxygens (including phenoxy) is 2. The van der Waals surface area contributed by atoms with Gasteiger partial charge in [-0.2, -0.15) is 0 Å². The molecule has 1 aromatic carbocycles. The zero-order valence-electron chi connectivity index (χ0n) is 22.3. The molecule has 8 nitrogen and oxygen atoms in total. The van der Waals surface area contributed by atoms with Crippen LogP contribution in [0.5, 0.6) is 0 Å². The number of aliphatic carboxylic acids is 1. The van der Waals surface area contributed by atoms with Gasteiger partial charge in [-0.25, -0.2) is 22.8 Å². The van der Waals surface area contributed by atoms with E-state index in [4.69, 9.17) is 9.47 Å². The fourth-order valence-corrected chi connectivity index (χ4v) is 4.58. The molecule has 1 fully saturated rings. The molecule has 0 N–H and O–H groups in total. The Morgan fingerprint density at radius 1 is 1.19 bits per heavy atom. The van der Waals surface area contributed by atoms with Crippen molar-refractivity contribution in [1.82, 2.24) is 9.97 Å². The summed E-state index contributed by atoms with van der Waals surface area (Å²) in [7, 11) is -3.47. The van der Waals surface area contributed by atoms with E-state index in [-0.39, 0.29) is 47.7 Å². The maximum absolute atomic E-state index is 13.7. The average molecular weight is 543 g/mol. The molecule has 1 aromatic heterocycles. The van der Waals surface area contributed by atoms with Crippen molar-refractivity contribution in [2.45, 2.75) is 76.6 Å². The summed E-state index contributed by atoms with van der Waals surface area (Å²) in [4.78, 5) is 20.4. The molecule has 0 aliphatic carbocycles. The van der Waals surface area contributed by atoms with Crippen LogP contribution in [0.2, 0.25) is 0 Å². The molecular weight excluding hydrogens is 510 g/mol. The molecular formula is C26H32FN2NaO6S. The summed E-state index contributed by atoms with van der Waals surface area (Å²) in [6.45, 7) is 8.83. The number of benzene rings is 1. The molecule has 0 saturated carbocycles. The zero-order chi connectivity index (χ0) is 26.8. The molecule has 2 aromatic rings. The number of sulfone groups is 1. The van der Waals surface area contributed by atoms with E-state index in [9.17, 15) is 22.7 Å². The fraction of sp³-hybridized carbons (Fsp3) is 0.500. The summed E-state index contributed by atoms with van der Waals surface area (Å²) in [5.41, 5.74) is 2.34. The predicted molar refractivity (Wildman–Crippen MR) is 132 cm³/mol. The summed E-state index contributed by atoms with van der Waals surface area (Å²) in [6.07, 6.45) is 3.73. The summed E-state index contributed by atoms with van der Waals surface area (Å²) in [6, 6.07) is 5.79. The SMILES string of the molecule is CC(C)c1nc(C(C)S(C)(=O)=O)nc(-c2ccc(F)cc2)c1/C=C/C1CC(CC(=O)[O-])OC(C)(C)O1.[Na+]. The Morgan fingerprint density at radius 3 is 2.35 bits per heavy atom. The van der Waals surface area contributed by atoms with Crippen LogP contribution in [0.3, 0.4) is 0 Å². The Balaban J connectivity index is 0.00000481. The van der Waals surface area contributed by atoms with Gasteiger partial charge in [0.25, 0.3) is 0 Å². The first-order valence-corrected chi connectivity index (χ1v) is 13.7. The van der Waals surface area contributed by atoms with E-state index in [2.05, 4.69) is 9.97 Å². The zero-order valence-corrected chi connectivity index (χ0v) is 25.1. The minimum atomic E-state index is -3.47. The number of aromatic nitrogens is 2. The molecule has 3 unspecified atom stereocenters. The molecule has 196 valence electrons.